The molecule has 5 heteroatoms. The third kappa shape index (κ3) is 1.80. The van der Waals surface area contributed by atoms with Gasteiger partial charge in [-0.2, -0.15) is 0 Å². The molecule has 1 aliphatic heterocycles. The summed E-state index contributed by atoms with van der Waals surface area (Å²) >= 11 is 0. The van der Waals surface area contributed by atoms with Gasteiger partial charge in [0.25, 0.3) is 0 Å². The van der Waals surface area contributed by atoms with Crippen LogP contribution < -0.4 is 0 Å². The van der Waals surface area contributed by atoms with Crippen LogP contribution in [0.1, 0.15) is 65.4 Å². The Bertz CT molecular complexity index is 1090. The summed E-state index contributed by atoms with van der Waals surface area (Å²) in [7, 11) is 0. The van der Waals surface area contributed by atoms with Crippen LogP contribution in [0.5, 0.6) is 0 Å². The fourth-order valence-corrected chi connectivity index (χ4v) is 8.78. The highest BCUT2D eigenvalue weighted by Gasteiger charge is 2.87. The molecule has 164 valence electrons. The molecular formula is C26H30O5. The van der Waals surface area contributed by atoms with E-state index >= 15 is 0 Å². The van der Waals surface area contributed by atoms with Gasteiger partial charge in [0.05, 0.1) is 29.5 Å². The third-order valence-electron chi connectivity index (χ3n) is 10.2. The SMILES string of the molecule is CC1(C)C(=O)C=C[C@]2(C)C1=C(O)C(=O)C1(C)[C@@H]2CC[C@@]2(C)[C@H](c3ccoc3)C[C@H]3O[C@@]312. The van der Waals surface area contributed by atoms with E-state index in [-0.39, 0.29) is 40.7 Å². The standard InChI is InChI=1S/C26H30O5/c1-22(2)17(27)7-9-23(3)16-6-10-24(4)15(14-8-11-30-13-14)12-18-26(24,31-18)25(16,5)21(29)19(28)20(22)23/h7-9,11,13,15-16,18,28H,6,10,12H2,1-5H3/t15-,16+,18+,23-,24-,25?,26+/m0/s1. The molecule has 5 nitrogen and oxygen atoms in total. The molecule has 0 radical (unpaired) electrons. The van der Waals surface area contributed by atoms with Gasteiger partial charge in [-0.1, -0.05) is 19.9 Å². The molecule has 1 spiro atoms. The zero-order chi connectivity index (χ0) is 22.2. The Hall–Kier alpha value is -2.14. The summed E-state index contributed by atoms with van der Waals surface area (Å²) in [5, 5.41) is 11.4. The number of ketones is 2. The number of ether oxygens (including phenoxy) is 1. The molecular weight excluding hydrogens is 392 g/mol. The number of Topliss-reactive ketones (excluding diaryl/α,β-unsaturated/α-hetero) is 1. The number of allylic oxidation sites excluding steroid dienone is 4. The number of furan rings is 1. The molecule has 5 aliphatic rings. The molecule has 0 aromatic carbocycles. The van der Waals surface area contributed by atoms with Crippen LogP contribution in [-0.4, -0.2) is 28.4 Å². The van der Waals surface area contributed by atoms with E-state index in [0.717, 1.165) is 19.3 Å². The first-order valence-corrected chi connectivity index (χ1v) is 11.4. The van der Waals surface area contributed by atoms with Gasteiger partial charge in [-0.05, 0) is 75.1 Å². The maximum absolute atomic E-state index is 14.0. The van der Waals surface area contributed by atoms with Crippen LogP contribution in [0.3, 0.4) is 0 Å². The van der Waals surface area contributed by atoms with E-state index in [0.29, 0.717) is 5.57 Å². The van der Waals surface area contributed by atoms with Crippen molar-refractivity contribution in [3.8, 4) is 0 Å². The molecule has 6 rings (SSSR count). The summed E-state index contributed by atoms with van der Waals surface area (Å²) in [5.74, 6) is -0.312. The summed E-state index contributed by atoms with van der Waals surface area (Å²) < 4.78 is 11.9. The second-order valence-corrected chi connectivity index (χ2v) is 11.6. The van der Waals surface area contributed by atoms with Crippen molar-refractivity contribution in [3.63, 3.8) is 0 Å². The van der Waals surface area contributed by atoms with Crippen molar-refractivity contribution in [1.82, 2.24) is 0 Å². The average Bonchev–Trinajstić information content (AvgIpc) is 3.07. The Morgan fingerprint density at radius 2 is 1.87 bits per heavy atom. The average molecular weight is 423 g/mol. The van der Waals surface area contributed by atoms with Crippen molar-refractivity contribution in [3.05, 3.63) is 47.6 Å². The summed E-state index contributed by atoms with van der Waals surface area (Å²) in [6, 6.07) is 2.03. The molecule has 2 saturated carbocycles. The fraction of sp³-hybridized carbons (Fsp3) is 0.615. The van der Waals surface area contributed by atoms with Gasteiger partial charge >= 0.3 is 0 Å². The predicted molar refractivity (Wildman–Crippen MR) is 113 cm³/mol. The lowest BCUT2D eigenvalue weighted by Crippen LogP contribution is -2.66. The van der Waals surface area contributed by atoms with Crippen LogP contribution in [0.2, 0.25) is 0 Å². The molecule has 1 N–H and O–H groups in total. The van der Waals surface area contributed by atoms with Gasteiger partial charge in [0, 0.05) is 10.8 Å². The van der Waals surface area contributed by atoms with E-state index in [1.54, 1.807) is 12.3 Å². The molecule has 4 aliphatic carbocycles. The number of epoxide rings is 1. The monoisotopic (exact) mass is 422 g/mol. The molecule has 1 aromatic rings. The number of rotatable bonds is 1. The smallest absolute Gasteiger partial charge is 0.206 e. The molecule has 0 amide bonds. The van der Waals surface area contributed by atoms with Crippen LogP contribution in [0.4, 0.5) is 0 Å². The van der Waals surface area contributed by atoms with E-state index in [1.807, 2.05) is 39.2 Å². The van der Waals surface area contributed by atoms with E-state index in [4.69, 9.17) is 9.15 Å². The Balaban J connectivity index is 1.57. The highest BCUT2D eigenvalue weighted by molar-refractivity contribution is 6.06. The maximum atomic E-state index is 14.0. The second-order valence-electron chi connectivity index (χ2n) is 11.6. The van der Waals surface area contributed by atoms with Gasteiger partial charge in [0.15, 0.2) is 11.5 Å². The van der Waals surface area contributed by atoms with E-state index in [9.17, 15) is 14.7 Å². The van der Waals surface area contributed by atoms with Crippen molar-refractivity contribution in [1.29, 1.82) is 0 Å². The third-order valence-corrected chi connectivity index (χ3v) is 10.2. The number of hydrogen-bond acceptors (Lipinski definition) is 5. The summed E-state index contributed by atoms with van der Waals surface area (Å²) in [6.45, 7) is 10.0. The lowest BCUT2D eigenvalue weighted by molar-refractivity contribution is -0.162. The van der Waals surface area contributed by atoms with Gasteiger partial charge in [0.1, 0.15) is 5.60 Å². The maximum Gasteiger partial charge on any atom is 0.206 e. The Kier molecular flexibility index (Phi) is 3.31. The van der Waals surface area contributed by atoms with Gasteiger partial charge in [-0.25, -0.2) is 0 Å². The first-order chi connectivity index (χ1) is 14.5. The molecule has 1 aromatic heterocycles. The number of carbonyl (C=O) groups is 2. The summed E-state index contributed by atoms with van der Waals surface area (Å²) in [4.78, 5) is 26.7. The van der Waals surface area contributed by atoms with E-state index < -0.39 is 21.8 Å². The normalized spacial score (nSPS) is 49.4. The Labute approximate surface area is 182 Å². The second kappa shape index (κ2) is 5.25. The first-order valence-electron chi connectivity index (χ1n) is 11.4. The number of carbonyl (C=O) groups excluding carboxylic acids is 2. The van der Waals surface area contributed by atoms with Gasteiger partial charge in [-0.15, -0.1) is 0 Å². The van der Waals surface area contributed by atoms with Crippen LogP contribution in [-0.2, 0) is 14.3 Å². The molecule has 2 heterocycles. The molecule has 3 fully saturated rings. The van der Waals surface area contributed by atoms with Crippen molar-refractivity contribution in [2.45, 2.75) is 71.5 Å². The highest BCUT2D eigenvalue weighted by atomic mass is 16.6. The van der Waals surface area contributed by atoms with E-state index in [2.05, 4.69) is 13.8 Å². The number of aliphatic hydroxyl groups excluding tert-OH is 1. The lowest BCUT2D eigenvalue weighted by atomic mass is 9.39. The van der Waals surface area contributed by atoms with Gasteiger partial charge in [0.2, 0.25) is 5.78 Å². The van der Waals surface area contributed by atoms with Crippen LogP contribution in [0, 0.1) is 27.6 Å². The zero-order valence-electron chi connectivity index (χ0n) is 18.8. The Morgan fingerprint density at radius 1 is 1.13 bits per heavy atom. The quantitative estimate of drug-likeness (QED) is 0.652. The fourth-order valence-electron chi connectivity index (χ4n) is 8.78. The van der Waals surface area contributed by atoms with Crippen LogP contribution >= 0.6 is 0 Å². The molecule has 1 unspecified atom stereocenters. The van der Waals surface area contributed by atoms with Crippen LogP contribution in [0.15, 0.2) is 46.5 Å². The van der Waals surface area contributed by atoms with Crippen molar-refractivity contribution < 1.29 is 23.8 Å². The van der Waals surface area contributed by atoms with Gasteiger partial charge in [-0.3, -0.25) is 9.59 Å². The van der Waals surface area contributed by atoms with Crippen molar-refractivity contribution in [2.24, 2.45) is 27.6 Å². The molecule has 7 atom stereocenters. The van der Waals surface area contributed by atoms with Gasteiger partial charge < -0.3 is 14.3 Å². The first kappa shape index (κ1) is 19.5. The topological polar surface area (TPSA) is 80.0 Å². The van der Waals surface area contributed by atoms with Crippen molar-refractivity contribution >= 4 is 11.6 Å². The predicted octanol–water partition coefficient (Wildman–Crippen LogP) is 4.89. The molecule has 1 saturated heterocycles. The molecule has 0 bridgehead atoms. The number of fused-ring (bicyclic) bond motifs is 3. The molecule has 31 heavy (non-hydrogen) atoms. The summed E-state index contributed by atoms with van der Waals surface area (Å²) in [5.41, 5.74) is -1.40. The zero-order valence-corrected chi connectivity index (χ0v) is 18.8. The minimum absolute atomic E-state index is 0.00527. The number of hydrogen-bond donors (Lipinski definition) is 1. The Morgan fingerprint density at radius 3 is 2.55 bits per heavy atom. The van der Waals surface area contributed by atoms with Crippen LogP contribution in [0.25, 0.3) is 0 Å². The largest absolute Gasteiger partial charge is 0.504 e. The lowest BCUT2D eigenvalue weighted by Gasteiger charge is -2.62. The summed E-state index contributed by atoms with van der Waals surface area (Å²) in [6.07, 6.45) is 9.76. The number of aliphatic hydroxyl groups is 1. The minimum atomic E-state index is -0.901. The highest BCUT2D eigenvalue weighted by Crippen LogP contribution is 2.81. The minimum Gasteiger partial charge on any atom is -0.504 e. The van der Waals surface area contributed by atoms with E-state index in [1.165, 1.54) is 5.56 Å². The van der Waals surface area contributed by atoms with Crippen molar-refractivity contribution in [2.75, 3.05) is 0 Å².